The van der Waals surface area contributed by atoms with Gasteiger partial charge < -0.3 is 10.2 Å². The fourth-order valence-corrected chi connectivity index (χ4v) is 2.65. The number of nitrogens with one attached hydrogen (secondary N) is 1. The Hall–Kier alpha value is -1.68. The maximum absolute atomic E-state index is 4.41. The minimum atomic E-state index is 0.184. The smallest absolute Gasteiger partial charge is 0.137 e. The summed E-state index contributed by atoms with van der Waals surface area (Å²) in [7, 11) is 4.21. The monoisotopic (exact) mass is 272 g/mol. The Balaban J connectivity index is 2.22. The van der Waals surface area contributed by atoms with E-state index in [0.717, 1.165) is 29.8 Å². The number of fused-ring (bicyclic) bond motifs is 1. The third kappa shape index (κ3) is 3.45. The van der Waals surface area contributed by atoms with E-state index < -0.39 is 0 Å². The molecular weight excluding hydrogens is 248 g/mol. The molecule has 0 fully saturated rings. The van der Waals surface area contributed by atoms with Gasteiger partial charge in [0.25, 0.3) is 0 Å². The van der Waals surface area contributed by atoms with Crippen LogP contribution in [-0.4, -0.2) is 42.1 Å². The van der Waals surface area contributed by atoms with Gasteiger partial charge in [-0.3, -0.25) is 0 Å². The van der Waals surface area contributed by atoms with Crippen LogP contribution in [0.5, 0.6) is 0 Å². The van der Waals surface area contributed by atoms with Crippen LogP contribution >= 0.6 is 0 Å². The van der Waals surface area contributed by atoms with E-state index >= 15 is 0 Å². The molecule has 0 spiro atoms. The number of rotatable bonds is 5. The SMILES string of the molecule is Cc1cccc2ncnc(NCC(C)(C)CN(C)C)c12. The molecule has 1 heterocycles. The van der Waals surface area contributed by atoms with Crippen molar-refractivity contribution in [2.24, 2.45) is 5.41 Å². The van der Waals surface area contributed by atoms with Gasteiger partial charge in [0.15, 0.2) is 0 Å². The maximum Gasteiger partial charge on any atom is 0.137 e. The highest BCUT2D eigenvalue weighted by molar-refractivity contribution is 5.91. The summed E-state index contributed by atoms with van der Waals surface area (Å²) < 4.78 is 0. The van der Waals surface area contributed by atoms with E-state index in [2.05, 4.69) is 61.1 Å². The van der Waals surface area contributed by atoms with Crippen LogP contribution in [0.2, 0.25) is 0 Å². The van der Waals surface area contributed by atoms with Gasteiger partial charge in [-0.2, -0.15) is 0 Å². The Morgan fingerprint density at radius 1 is 1.20 bits per heavy atom. The van der Waals surface area contributed by atoms with Crippen molar-refractivity contribution in [3.63, 3.8) is 0 Å². The third-order valence-corrected chi connectivity index (χ3v) is 3.35. The number of hydrogen-bond donors (Lipinski definition) is 1. The molecule has 2 aromatic rings. The zero-order valence-electron chi connectivity index (χ0n) is 13.1. The summed E-state index contributed by atoms with van der Waals surface area (Å²) >= 11 is 0. The molecule has 0 aliphatic heterocycles. The zero-order valence-corrected chi connectivity index (χ0v) is 13.1. The molecule has 0 saturated carbocycles. The van der Waals surface area contributed by atoms with Crippen molar-refractivity contribution in [2.75, 3.05) is 32.5 Å². The van der Waals surface area contributed by atoms with Crippen molar-refractivity contribution < 1.29 is 0 Å². The minimum absolute atomic E-state index is 0.184. The molecule has 0 aliphatic rings. The van der Waals surface area contributed by atoms with Crippen molar-refractivity contribution >= 4 is 16.7 Å². The lowest BCUT2D eigenvalue weighted by Crippen LogP contribution is -2.34. The van der Waals surface area contributed by atoms with E-state index in [-0.39, 0.29) is 5.41 Å². The highest BCUT2D eigenvalue weighted by Gasteiger charge is 2.19. The molecule has 0 amide bonds. The Morgan fingerprint density at radius 3 is 2.65 bits per heavy atom. The number of aromatic nitrogens is 2. The fourth-order valence-electron chi connectivity index (χ4n) is 2.65. The largest absolute Gasteiger partial charge is 0.369 e. The normalized spacial score (nSPS) is 12.1. The fraction of sp³-hybridized carbons (Fsp3) is 0.500. The van der Waals surface area contributed by atoms with Crippen LogP contribution in [-0.2, 0) is 0 Å². The molecule has 2 rings (SSSR count). The van der Waals surface area contributed by atoms with E-state index in [4.69, 9.17) is 0 Å². The van der Waals surface area contributed by atoms with E-state index in [0.29, 0.717) is 0 Å². The van der Waals surface area contributed by atoms with Gasteiger partial charge in [-0.05, 0) is 38.1 Å². The quantitative estimate of drug-likeness (QED) is 0.908. The first-order valence-corrected chi connectivity index (χ1v) is 6.98. The van der Waals surface area contributed by atoms with Crippen molar-refractivity contribution in [1.29, 1.82) is 0 Å². The molecule has 4 heteroatoms. The van der Waals surface area contributed by atoms with Crippen LogP contribution in [0, 0.1) is 12.3 Å². The average molecular weight is 272 g/mol. The summed E-state index contributed by atoms with van der Waals surface area (Å²) in [5, 5.41) is 4.62. The molecule has 20 heavy (non-hydrogen) atoms. The van der Waals surface area contributed by atoms with Crippen LogP contribution in [0.15, 0.2) is 24.5 Å². The highest BCUT2D eigenvalue weighted by atomic mass is 15.1. The summed E-state index contributed by atoms with van der Waals surface area (Å²) in [6.07, 6.45) is 1.63. The van der Waals surface area contributed by atoms with Gasteiger partial charge in [0.1, 0.15) is 12.1 Å². The molecular formula is C16H24N4. The van der Waals surface area contributed by atoms with Crippen molar-refractivity contribution in [1.82, 2.24) is 14.9 Å². The number of anilines is 1. The second kappa shape index (κ2) is 5.75. The average Bonchev–Trinajstić information content (AvgIpc) is 2.35. The van der Waals surface area contributed by atoms with Crippen LogP contribution < -0.4 is 5.32 Å². The molecule has 0 aliphatic carbocycles. The van der Waals surface area contributed by atoms with E-state index in [1.165, 1.54) is 5.56 Å². The van der Waals surface area contributed by atoms with Gasteiger partial charge in [-0.15, -0.1) is 0 Å². The summed E-state index contributed by atoms with van der Waals surface area (Å²) in [5.74, 6) is 0.930. The second-order valence-corrected chi connectivity index (χ2v) is 6.45. The van der Waals surface area contributed by atoms with Crippen molar-refractivity contribution in [3.8, 4) is 0 Å². The maximum atomic E-state index is 4.41. The van der Waals surface area contributed by atoms with E-state index in [1.807, 2.05) is 12.1 Å². The molecule has 0 unspecified atom stereocenters. The zero-order chi connectivity index (χ0) is 14.8. The van der Waals surface area contributed by atoms with Crippen LogP contribution in [0.3, 0.4) is 0 Å². The third-order valence-electron chi connectivity index (χ3n) is 3.35. The number of nitrogens with zero attached hydrogens (tertiary/aromatic N) is 3. The first-order valence-electron chi connectivity index (χ1n) is 6.98. The Labute approximate surface area is 121 Å². The second-order valence-electron chi connectivity index (χ2n) is 6.45. The van der Waals surface area contributed by atoms with Gasteiger partial charge in [-0.25, -0.2) is 9.97 Å². The molecule has 108 valence electrons. The molecule has 0 radical (unpaired) electrons. The van der Waals surface area contributed by atoms with Gasteiger partial charge in [0.05, 0.1) is 5.52 Å². The number of benzene rings is 1. The van der Waals surface area contributed by atoms with E-state index in [9.17, 15) is 0 Å². The van der Waals surface area contributed by atoms with Gasteiger partial charge in [0.2, 0.25) is 0 Å². The molecule has 4 nitrogen and oxygen atoms in total. The molecule has 1 N–H and O–H groups in total. The van der Waals surface area contributed by atoms with E-state index in [1.54, 1.807) is 6.33 Å². The Morgan fingerprint density at radius 2 is 1.95 bits per heavy atom. The molecule has 1 aromatic heterocycles. The van der Waals surface area contributed by atoms with Crippen LogP contribution in [0.1, 0.15) is 19.4 Å². The first kappa shape index (κ1) is 14.7. The van der Waals surface area contributed by atoms with Gasteiger partial charge in [-0.1, -0.05) is 26.0 Å². The highest BCUT2D eigenvalue weighted by Crippen LogP contribution is 2.24. The Kier molecular flexibility index (Phi) is 4.23. The van der Waals surface area contributed by atoms with Crippen LogP contribution in [0.25, 0.3) is 10.9 Å². The minimum Gasteiger partial charge on any atom is -0.369 e. The molecule has 0 bridgehead atoms. The number of aryl methyl sites for hydroxylation is 1. The summed E-state index contributed by atoms with van der Waals surface area (Å²) in [4.78, 5) is 11.0. The summed E-state index contributed by atoms with van der Waals surface area (Å²) in [5.41, 5.74) is 2.38. The Bertz CT molecular complexity index is 585. The lowest BCUT2D eigenvalue weighted by molar-refractivity contribution is 0.254. The molecule has 0 saturated heterocycles. The predicted octanol–water partition coefficient (Wildman–Crippen LogP) is 2.94. The molecule has 1 aromatic carbocycles. The molecule has 0 atom stereocenters. The first-order chi connectivity index (χ1) is 9.39. The van der Waals surface area contributed by atoms with Gasteiger partial charge >= 0.3 is 0 Å². The van der Waals surface area contributed by atoms with Crippen molar-refractivity contribution in [3.05, 3.63) is 30.1 Å². The van der Waals surface area contributed by atoms with Gasteiger partial charge in [0, 0.05) is 18.5 Å². The lowest BCUT2D eigenvalue weighted by Gasteiger charge is -2.28. The predicted molar refractivity (Wildman–Crippen MR) is 85.1 cm³/mol. The topological polar surface area (TPSA) is 41.1 Å². The van der Waals surface area contributed by atoms with Crippen molar-refractivity contribution in [2.45, 2.75) is 20.8 Å². The number of hydrogen-bond acceptors (Lipinski definition) is 4. The summed E-state index contributed by atoms with van der Waals surface area (Å²) in [6.45, 7) is 8.53. The standard InChI is InChI=1S/C16H24N4/c1-12-7-6-8-13-14(12)15(19-11-18-13)17-9-16(2,3)10-20(4)5/h6-8,11H,9-10H2,1-5H3,(H,17,18,19). The lowest BCUT2D eigenvalue weighted by atomic mass is 9.93. The summed E-state index contributed by atoms with van der Waals surface area (Å²) in [6, 6.07) is 6.16. The van der Waals surface area contributed by atoms with Crippen LogP contribution in [0.4, 0.5) is 5.82 Å².